The fourth-order valence-corrected chi connectivity index (χ4v) is 0.556. The van der Waals surface area contributed by atoms with E-state index < -0.39 is 11.5 Å². The molecule has 1 unspecified atom stereocenters. The van der Waals surface area contributed by atoms with Crippen molar-refractivity contribution >= 4 is 5.97 Å². The largest absolute Gasteiger partial charge is 0.466 e. The second-order valence-electron chi connectivity index (χ2n) is 3.13. The Bertz CT molecular complexity index is 135. The lowest BCUT2D eigenvalue weighted by atomic mass is 9.93. The molecule has 0 bridgehead atoms. The molecule has 66 valence electrons. The minimum absolute atomic E-state index is 0.347. The van der Waals surface area contributed by atoms with E-state index in [0.717, 1.165) is 0 Å². The van der Waals surface area contributed by atoms with E-state index in [-0.39, 0.29) is 5.97 Å². The number of ether oxygens (including phenoxy) is 1. The monoisotopic (exact) mass is 160 g/mol. The Hall–Kier alpha value is -0.570. The van der Waals surface area contributed by atoms with Gasteiger partial charge in [-0.25, -0.2) is 0 Å². The highest BCUT2D eigenvalue weighted by Crippen LogP contribution is 2.16. The van der Waals surface area contributed by atoms with Crippen molar-refractivity contribution in [1.29, 1.82) is 0 Å². The van der Waals surface area contributed by atoms with Gasteiger partial charge in [-0.2, -0.15) is 0 Å². The molecule has 0 radical (unpaired) electrons. The van der Waals surface area contributed by atoms with E-state index in [2.05, 4.69) is 0 Å². The Morgan fingerprint density at radius 1 is 1.64 bits per heavy atom. The standard InChI is InChI=1S/C8H16O3/c1-5-11-7(9)6(2)8(3,4)10/h6,10H,5H2,1-4H3. The average molecular weight is 160 g/mol. The summed E-state index contributed by atoms with van der Waals surface area (Å²) in [6.07, 6.45) is 0. The van der Waals surface area contributed by atoms with Crippen molar-refractivity contribution in [2.45, 2.75) is 33.3 Å². The van der Waals surface area contributed by atoms with Crippen molar-refractivity contribution in [3.8, 4) is 0 Å². The summed E-state index contributed by atoms with van der Waals surface area (Å²) in [7, 11) is 0. The van der Waals surface area contributed by atoms with Gasteiger partial charge < -0.3 is 9.84 Å². The lowest BCUT2D eigenvalue weighted by Crippen LogP contribution is -2.35. The van der Waals surface area contributed by atoms with Gasteiger partial charge in [-0.15, -0.1) is 0 Å². The molecule has 0 heterocycles. The van der Waals surface area contributed by atoms with Crippen LogP contribution in [0.25, 0.3) is 0 Å². The topological polar surface area (TPSA) is 46.5 Å². The lowest BCUT2D eigenvalue weighted by molar-refractivity contribution is -0.154. The lowest BCUT2D eigenvalue weighted by Gasteiger charge is -2.23. The third kappa shape index (κ3) is 3.37. The summed E-state index contributed by atoms with van der Waals surface area (Å²) < 4.78 is 4.73. The normalized spacial score (nSPS) is 14.3. The third-order valence-corrected chi connectivity index (χ3v) is 1.70. The van der Waals surface area contributed by atoms with Gasteiger partial charge in [0.15, 0.2) is 0 Å². The summed E-state index contributed by atoms with van der Waals surface area (Å²) in [6, 6.07) is 0. The first-order chi connectivity index (χ1) is 4.89. The zero-order chi connectivity index (χ0) is 9.07. The molecule has 0 saturated heterocycles. The number of hydrogen-bond donors (Lipinski definition) is 1. The maximum absolute atomic E-state index is 11.0. The number of carbonyl (C=O) groups excluding carboxylic acids is 1. The molecular weight excluding hydrogens is 144 g/mol. The van der Waals surface area contributed by atoms with Gasteiger partial charge in [-0.05, 0) is 27.7 Å². The van der Waals surface area contributed by atoms with E-state index in [1.54, 1.807) is 27.7 Å². The van der Waals surface area contributed by atoms with Crippen LogP contribution < -0.4 is 0 Å². The number of rotatable bonds is 3. The Morgan fingerprint density at radius 2 is 2.09 bits per heavy atom. The van der Waals surface area contributed by atoms with Crippen LogP contribution >= 0.6 is 0 Å². The molecule has 1 atom stereocenters. The number of hydrogen-bond acceptors (Lipinski definition) is 3. The fraction of sp³-hybridized carbons (Fsp3) is 0.875. The van der Waals surface area contributed by atoms with Gasteiger partial charge in [-0.3, -0.25) is 4.79 Å². The van der Waals surface area contributed by atoms with Gasteiger partial charge in [0.1, 0.15) is 0 Å². The van der Waals surface area contributed by atoms with Gasteiger partial charge in [0.25, 0.3) is 0 Å². The molecule has 0 spiro atoms. The fourth-order valence-electron chi connectivity index (χ4n) is 0.556. The van der Waals surface area contributed by atoms with Gasteiger partial charge in [0.2, 0.25) is 0 Å². The number of esters is 1. The Kier molecular flexibility index (Phi) is 3.52. The van der Waals surface area contributed by atoms with Crippen molar-refractivity contribution in [2.75, 3.05) is 6.61 Å². The molecule has 11 heavy (non-hydrogen) atoms. The van der Waals surface area contributed by atoms with Gasteiger partial charge in [-0.1, -0.05) is 0 Å². The minimum Gasteiger partial charge on any atom is -0.466 e. The van der Waals surface area contributed by atoms with Gasteiger partial charge in [0, 0.05) is 0 Å². The molecular formula is C8H16O3. The highest BCUT2D eigenvalue weighted by Gasteiger charge is 2.29. The van der Waals surface area contributed by atoms with Crippen LogP contribution in [-0.4, -0.2) is 23.3 Å². The van der Waals surface area contributed by atoms with Crippen molar-refractivity contribution in [3.05, 3.63) is 0 Å². The zero-order valence-electron chi connectivity index (χ0n) is 7.55. The summed E-state index contributed by atoms with van der Waals surface area (Å²) in [5.74, 6) is -0.817. The maximum atomic E-state index is 11.0. The zero-order valence-corrected chi connectivity index (χ0v) is 7.55. The molecule has 3 heteroatoms. The average Bonchev–Trinajstić information content (AvgIpc) is 1.85. The Labute approximate surface area is 67.4 Å². The number of aliphatic hydroxyl groups is 1. The summed E-state index contributed by atoms with van der Waals surface area (Å²) in [5.41, 5.74) is -0.994. The van der Waals surface area contributed by atoms with Crippen LogP contribution in [0, 0.1) is 5.92 Å². The molecule has 0 fully saturated rings. The molecule has 0 amide bonds. The molecule has 1 N–H and O–H groups in total. The molecule has 0 aromatic heterocycles. The summed E-state index contributed by atoms with van der Waals surface area (Å²) in [4.78, 5) is 11.0. The molecule has 0 aliphatic rings. The predicted molar refractivity (Wildman–Crippen MR) is 42.1 cm³/mol. The summed E-state index contributed by atoms with van der Waals surface area (Å²) in [6.45, 7) is 6.94. The molecule has 0 aromatic carbocycles. The summed E-state index contributed by atoms with van der Waals surface area (Å²) >= 11 is 0. The third-order valence-electron chi connectivity index (χ3n) is 1.70. The molecule has 0 rings (SSSR count). The minimum atomic E-state index is -0.994. The van der Waals surface area contributed by atoms with Crippen LogP contribution in [-0.2, 0) is 9.53 Å². The van der Waals surface area contributed by atoms with Crippen LogP contribution in [0.15, 0.2) is 0 Å². The van der Waals surface area contributed by atoms with Gasteiger partial charge >= 0.3 is 5.97 Å². The van der Waals surface area contributed by atoms with E-state index >= 15 is 0 Å². The molecule has 0 aliphatic heterocycles. The first-order valence-electron chi connectivity index (χ1n) is 3.78. The van der Waals surface area contributed by atoms with E-state index in [0.29, 0.717) is 6.61 Å². The van der Waals surface area contributed by atoms with E-state index in [1.807, 2.05) is 0 Å². The van der Waals surface area contributed by atoms with Crippen LogP contribution in [0.5, 0.6) is 0 Å². The summed E-state index contributed by atoms with van der Waals surface area (Å²) in [5, 5.41) is 9.38. The van der Waals surface area contributed by atoms with Crippen molar-refractivity contribution in [1.82, 2.24) is 0 Å². The molecule has 0 saturated carbocycles. The number of carbonyl (C=O) groups is 1. The molecule has 0 aromatic rings. The second kappa shape index (κ2) is 3.72. The second-order valence-corrected chi connectivity index (χ2v) is 3.13. The van der Waals surface area contributed by atoms with Crippen LogP contribution in [0.1, 0.15) is 27.7 Å². The Balaban J connectivity index is 4.03. The van der Waals surface area contributed by atoms with Crippen molar-refractivity contribution < 1.29 is 14.6 Å². The molecule has 3 nitrogen and oxygen atoms in total. The maximum Gasteiger partial charge on any atom is 0.311 e. The van der Waals surface area contributed by atoms with Crippen molar-refractivity contribution in [3.63, 3.8) is 0 Å². The Morgan fingerprint density at radius 3 is 2.36 bits per heavy atom. The van der Waals surface area contributed by atoms with Crippen LogP contribution in [0.3, 0.4) is 0 Å². The smallest absolute Gasteiger partial charge is 0.311 e. The van der Waals surface area contributed by atoms with E-state index in [4.69, 9.17) is 4.74 Å². The molecule has 0 aliphatic carbocycles. The van der Waals surface area contributed by atoms with Crippen molar-refractivity contribution in [2.24, 2.45) is 5.92 Å². The highest BCUT2D eigenvalue weighted by molar-refractivity contribution is 5.73. The van der Waals surface area contributed by atoms with E-state index in [9.17, 15) is 9.90 Å². The van der Waals surface area contributed by atoms with Crippen LogP contribution in [0.2, 0.25) is 0 Å². The SMILES string of the molecule is CCOC(=O)C(C)C(C)(C)O. The quantitative estimate of drug-likeness (QED) is 0.625. The first kappa shape index (κ1) is 10.4. The highest BCUT2D eigenvalue weighted by atomic mass is 16.5. The van der Waals surface area contributed by atoms with Gasteiger partial charge in [0.05, 0.1) is 18.1 Å². The predicted octanol–water partition coefficient (Wildman–Crippen LogP) is 0.956. The van der Waals surface area contributed by atoms with Crippen LogP contribution in [0.4, 0.5) is 0 Å². The first-order valence-corrected chi connectivity index (χ1v) is 3.78. The van der Waals surface area contributed by atoms with E-state index in [1.165, 1.54) is 0 Å².